The molecule has 0 atom stereocenters. The van der Waals surface area contributed by atoms with Crippen LogP contribution >= 0.6 is 11.3 Å². The molecule has 4 rings (SSSR count). The first-order valence-corrected chi connectivity index (χ1v) is 21.0. The van der Waals surface area contributed by atoms with Crippen LogP contribution in [0.25, 0.3) is 22.4 Å². The molecular weight excluding hydrogens is 675 g/mol. The molecular formula is C43H66NO7S+. The predicted molar refractivity (Wildman–Crippen MR) is 213 cm³/mol. The summed E-state index contributed by atoms with van der Waals surface area (Å²) in [6.07, 6.45) is 24.9. The summed E-state index contributed by atoms with van der Waals surface area (Å²) in [6, 6.07) is 12.5. The van der Waals surface area contributed by atoms with Gasteiger partial charge in [0.25, 0.3) is 5.01 Å². The third kappa shape index (κ3) is 16.5. The monoisotopic (exact) mass is 740 g/mol. The zero-order valence-electron chi connectivity index (χ0n) is 32.2. The number of fused-ring (bicyclic) bond motifs is 2. The summed E-state index contributed by atoms with van der Waals surface area (Å²) < 4.78 is 44.0. The summed E-state index contributed by atoms with van der Waals surface area (Å²) in [7, 11) is 1.74. The maximum Gasteiger partial charge on any atom is 0.262 e. The van der Waals surface area contributed by atoms with Crippen molar-refractivity contribution >= 4 is 33.7 Å². The lowest BCUT2D eigenvalue weighted by Gasteiger charge is -2.14. The highest BCUT2D eigenvalue weighted by atomic mass is 32.1. The Morgan fingerprint density at radius 3 is 1.65 bits per heavy atom. The molecule has 0 unspecified atom stereocenters. The van der Waals surface area contributed by atoms with Gasteiger partial charge in [-0.15, -0.1) is 0 Å². The fourth-order valence-electron chi connectivity index (χ4n) is 6.41. The van der Waals surface area contributed by atoms with Crippen molar-refractivity contribution in [3.63, 3.8) is 0 Å². The number of hydrogen-bond donors (Lipinski definition) is 0. The number of nitrogens with zero attached hydrogens (tertiary/aromatic N) is 1. The van der Waals surface area contributed by atoms with Crippen molar-refractivity contribution in [2.24, 2.45) is 0 Å². The molecule has 3 aromatic rings. The number of ether oxygens (including phenoxy) is 7. The van der Waals surface area contributed by atoms with Crippen LogP contribution in [0.4, 0.5) is 0 Å². The van der Waals surface area contributed by atoms with Crippen LogP contribution in [0.2, 0.25) is 0 Å². The van der Waals surface area contributed by atoms with Gasteiger partial charge in [0.1, 0.15) is 23.7 Å². The van der Waals surface area contributed by atoms with Crippen LogP contribution in [0.3, 0.4) is 0 Å². The van der Waals surface area contributed by atoms with Gasteiger partial charge in [-0.3, -0.25) is 0 Å². The van der Waals surface area contributed by atoms with E-state index in [1.807, 2.05) is 23.5 Å². The molecule has 1 aliphatic rings. The molecule has 1 aromatic heterocycles. The van der Waals surface area contributed by atoms with Gasteiger partial charge in [-0.2, -0.15) is 4.57 Å². The van der Waals surface area contributed by atoms with Gasteiger partial charge in [0.15, 0.2) is 18.0 Å². The lowest BCUT2D eigenvalue weighted by molar-refractivity contribution is -0.669. The minimum Gasteiger partial charge on any atom is -0.497 e. The van der Waals surface area contributed by atoms with Crippen molar-refractivity contribution < 1.29 is 37.7 Å². The summed E-state index contributed by atoms with van der Waals surface area (Å²) >= 11 is 1.82. The minimum absolute atomic E-state index is 0.417. The van der Waals surface area contributed by atoms with Gasteiger partial charge in [-0.1, -0.05) is 108 Å². The number of aryl methyl sites for hydroxylation is 1. The maximum absolute atomic E-state index is 6.16. The number of hydrogen-bond acceptors (Lipinski definition) is 8. The van der Waals surface area contributed by atoms with Crippen molar-refractivity contribution in [2.45, 2.75) is 110 Å². The molecule has 0 saturated heterocycles. The largest absolute Gasteiger partial charge is 0.497 e. The number of benzene rings is 2. The molecule has 0 spiro atoms. The van der Waals surface area contributed by atoms with Gasteiger partial charge in [0, 0.05) is 12.5 Å². The van der Waals surface area contributed by atoms with E-state index in [4.69, 9.17) is 33.2 Å². The Balaban J connectivity index is 1.30. The lowest BCUT2D eigenvalue weighted by Crippen LogP contribution is -2.35. The van der Waals surface area contributed by atoms with Crippen molar-refractivity contribution in [2.75, 3.05) is 73.2 Å². The first-order chi connectivity index (χ1) is 25.8. The highest BCUT2D eigenvalue weighted by Crippen LogP contribution is 2.31. The number of aromatic nitrogens is 1. The van der Waals surface area contributed by atoms with E-state index < -0.39 is 0 Å². The van der Waals surface area contributed by atoms with Gasteiger partial charge in [0.2, 0.25) is 5.52 Å². The summed E-state index contributed by atoms with van der Waals surface area (Å²) in [6.45, 7) is 8.24. The number of unbranched alkanes of at least 4 members (excludes halogenated alkanes) is 14. The molecule has 9 heteroatoms. The van der Waals surface area contributed by atoms with Crippen LogP contribution in [-0.2, 0) is 25.5 Å². The second-order valence-corrected chi connectivity index (χ2v) is 14.6. The van der Waals surface area contributed by atoms with Crippen LogP contribution in [0.5, 0.6) is 17.2 Å². The Morgan fingerprint density at radius 2 is 1.10 bits per heavy atom. The van der Waals surface area contributed by atoms with Gasteiger partial charge >= 0.3 is 0 Å². The van der Waals surface area contributed by atoms with Gasteiger partial charge in [-0.25, -0.2) is 0 Å². The summed E-state index contributed by atoms with van der Waals surface area (Å²) in [4.78, 5) is 0. The number of methoxy groups -OCH3 is 1. The SMILES string of the molecule is CCCCCCCCCCCCCCCCC[n+]1c(/C=C/c2ccc3c(c2)OCCOCCOCCOCCOCCO3)sc2ccc(OC)cc21. The molecule has 1 aliphatic heterocycles. The Hall–Kier alpha value is -2.69. The topological polar surface area (TPSA) is 68.5 Å². The molecule has 0 aliphatic carbocycles. The summed E-state index contributed by atoms with van der Waals surface area (Å²) in [5, 5.41) is 1.22. The highest BCUT2D eigenvalue weighted by molar-refractivity contribution is 7.18. The Bertz CT molecular complexity index is 1390. The molecule has 0 saturated carbocycles. The van der Waals surface area contributed by atoms with Crippen molar-refractivity contribution in [3.05, 3.63) is 47.0 Å². The molecule has 2 heterocycles. The highest BCUT2D eigenvalue weighted by Gasteiger charge is 2.19. The fraction of sp³-hybridized carbons (Fsp3) is 0.651. The second kappa shape index (κ2) is 27.0. The Morgan fingerprint density at radius 1 is 0.577 bits per heavy atom. The van der Waals surface area contributed by atoms with Gasteiger partial charge in [-0.05, 0) is 42.3 Å². The molecule has 290 valence electrons. The standard InChI is InChI=1S/C43H66NO7S/c1-3-4-5-6-7-8-9-10-11-12-13-14-15-16-17-24-44-39-36-38(45-2)20-22-42(39)52-43(44)23-19-37-18-21-40-41(35-37)51-34-32-49-30-28-47-26-25-46-27-29-48-31-33-50-40/h18-23,35-36H,3-17,24-34H2,1-2H3/q+1/b23-19+. The average Bonchev–Trinajstić information content (AvgIpc) is 3.51. The van der Waals surface area contributed by atoms with E-state index in [0.29, 0.717) is 77.6 Å². The summed E-state index contributed by atoms with van der Waals surface area (Å²) in [5.41, 5.74) is 2.27. The van der Waals surface area contributed by atoms with Crippen LogP contribution in [0.1, 0.15) is 114 Å². The summed E-state index contributed by atoms with van der Waals surface area (Å²) in [5.74, 6) is 2.28. The van der Waals surface area contributed by atoms with E-state index >= 15 is 0 Å². The van der Waals surface area contributed by atoms with Crippen LogP contribution < -0.4 is 18.8 Å². The average molecular weight is 741 g/mol. The first kappa shape index (κ1) is 42.1. The molecule has 0 bridgehead atoms. The second-order valence-electron chi connectivity index (χ2n) is 13.6. The van der Waals surface area contributed by atoms with E-state index in [0.717, 1.165) is 17.9 Å². The van der Waals surface area contributed by atoms with E-state index in [1.54, 1.807) is 7.11 Å². The Labute approximate surface area is 317 Å². The molecule has 52 heavy (non-hydrogen) atoms. The number of thiazole rings is 1. The molecule has 8 nitrogen and oxygen atoms in total. The molecule has 0 fully saturated rings. The van der Waals surface area contributed by atoms with E-state index in [9.17, 15) is 0 Å². The smallest absolute Gasteiger partial charge is 0.262 e. The quantitative estimate of drug-likeness (QED) is 0.0895. The molecule has 0 N–H and O–H groups in total. The molecule has 0 radical (unpaired) electrons. The predicted octanol–water partition coefficient (Wildman–Crippen LogP) is 10.1. The van der Waals surface area contributed by atoms with Gasteiger partial charge in [0.05, 0.1) is 66.0 Å². The fourth-order valence-corrected chi connectivity index (χ4v) is 7.49. The van der Waals surface area contributed by atoms with Crippen molar-refractivity contribution in [1.82, 2.24) is 0 Å². The third-order valence-electron chi connectivity index (χ3n) is 9.40. The van der Waals surface area contributed by atoms with E-state index in [-0.39, 0.29) is 0 Å². The van der Waals surface area contributed by atoms with Crippen LogP contribution in [-0.4, -0.2) is 73.2 Å². The zero-order chi connectivity index (χ0) is 36.3. The lowest BCUT2D eigenvalue weighted by atomic mass is 10.0. The van der Waals surface area contributed by atoms with E-state index in [2.05, 4.69) is 47.9 Å². The van der Waals surface area contributed by atoms with Crippen molar-refractivity contribution in [1.29, 1.82) is 0 Å². The molecule has 2 aromatic carbocycles. The maximum atomic E-state index is 6.16. The van der Waals surface area contributed by atoms with Crippen molar-refractivity contribution in [3.8, 4) is 17.2 Å². The number of rotatable bonds is 19. The Kier molecular flexibility index (Phi) is 21.8. The third-order valence-corrected chi connectivity index (χ3v) is 10.5. The molecule has 0 amide bonds. The minimum atomic E-state index is 0.417. The van der Waals surface area contributed by atoms with Gasteiger partial charge < -0.3 is 33.2 Å². The van der Waals surface area contributed by atoms with Crippen LogP contribution in [0.15, 0.2) is 36.4 Å². The normalized spacial score (nSPS) is 15.5. The zero-order valence-corrected chi connectivity index (χ0v) is 33.0. The first-order valence-electron chi connectivity index (χ1n) is 20.2. The van der Waals surface area contributed by atoms with E-state index in [1.165, 1.54) is 112 Å². The van der Waals surface area contributed by atoms with Crippen LogP contribution in [0, 0.1) is 0 Å².